The van der Waals surface area contributed by atoms with E-state index in [1.54, 1.807) is 0 Å². The lowest BCUT2D eigenvalue weighted by molar-refractivity contribution is 0.0579. The Balaban J connectivity index is 2.51. The third kappa shape index (κ3) is 6.00. The molecular formula is C13H28O3Si. The first-order chi connectivity index (χ1) is 8.26. The largest absolute Gasteiger partial charge is 0.501 e. The molecule has 1 aliphatic carbocycles. The molecule has 0 heterocycles. The highest BCUT2D eigenvalue weighted by Crippen LogP contribution is 2.38. The summed E-state index contributed by atoms with van der Waals surface area (Å²) in [4.78, 5) is 0. The van der Waals surface area contributed by atoms with Crippen LogP contribution in [0.1, 0.15) is 52.9 Å². The number of rotatable bonds is 11. The first-order valence-electron chi connectivity index (χ1n) is 7.18. The Kier molecular flexibility index (Phi) is 7.35. The Morgan fingerprint density at radius 3 is 1.53 bits per heavy atom. The van der Waals surface area contributed by atoms with Gasteiger partial charge >= 0.3 is 8.80 Å². The van der Waals surface area contributed by atoms with Crippen molar-refractivity contribution in [3.05, 3.63) is 0 Å². The second-order valence-corrected chi connectivity index (χ2v) is 7.52. The molecule has 0 aromatic carbocycles. The monoisotopic (exact) mass is 260 g/mol. The summed E-state index contributed by atoms with van der Waals surface area (Å²) in [6, 6.07) is 1.03. The molecule has 1 rings (SSSR count). The molecule has 0 atom stereocenters. The van der Waals surface area contributed by atoms with Crippen molar-refractivity contribution < 1.29 is 13.3 Å². The summed E-state index contributed by atoms with van der Waals surface area (Å²) in [5.41, 5.74) is 0. The van der Waals surface area contributed by atoms with Crippen LogP contribution in [0.15, 0.2) is 0 Å². The van der Waals surface area contributed by atoms with E-state index in [9.17, 15) is 0 Å². The standard InChI is InChI=1S/C13H28O3Si/c1-4-9-14-17(15-10-5-2,16-11-6-3)12-13-7-8-13/h13H,4-12H2,1-3H3. The van der Waals surface area contributed by atoms with Crippen molar-refractivity contribution in [1.29, 1.82) is 0 Å². The minimum Gasteiger partial charge on any atom is -0.373 e. The van der Waals surface area contributed by atoms with Gasteiger partial charge in [0.15, 0.2) is 0 Å². The maximum Gasteiger partial charge on any atom is 0.501 e. The molecule has 0 bridgehead atoms. The van der Waals surface area contributed by atoms with E-state index in [1.165, 1.54) is 12.8 Å². The Morgan fingerprint density at radius 1 is 0.824 bits per heavy atom. The molecule has 0 unspecified atom stereocenters. The first-order valence-corrected chi connectivity index (χ1v) is 9.11. The van der Waals surface area contributed by atoms with E-state index in [2.05, 4.69) is 20.8 Å². The zero-order chi connectivity index (χ0) is 12.6. The van der Waals surface area contributed by atoms with Crippen LogP contribution in [0.25, 0.3) is 0 Å². The lowest BCUT2D eigenvalue weighted by Gasteiger charge is -2.29. The fraction of sp³-hybridized carbons (Fsp3) is 1.00. The van der Waals surface area contributed by atoms with Gasteiger partial charge < -0.3 is 13.3 Å². The summed E-state index contributed by atoms with van der Waals surface area (Å²) in [5, 5.41) is 0. The van der Waals surface area contributed by atoms with Gasteiger partial charge in [0, 0.05) is 25.9 Å². The highest BCUT2D eigenvalue weighted by molar-refractivity contribution is 6.60. The van der Waals surface area contributed by atoms with Gasteiger partial charge in [-0.15, -0.1) is 0 Å². The van der Waals surface area contributed by atoms with Crippen molar-refractivity contribution in [2.24, 2.45) is 5.92 Å². The molecule has 0 amide bonds. The van der Waals surface area contributed by atoms with E-state index in [1.807, 2.05) is 0 Å². The number of hydrogen-bond donors (Lipinski definition) is 0. The quantitative estimate of drug-likeness (QED) is 0.531. The van der Waals surface area contributed by atoms with Crippen LogP contribution in [0.2, 0.25) is 6.04 Å². The molecule has 0 aliphatic heterocycles. The minimum atomic E-state index is -2.36. The molecule has 1 saturated carbocycles. The molecule has 1 aliphatic rings. The normalized spacial score (nSPS) is 16.4. The first kappa shape index (κ1) is 15.2. The van der Waals surface area contributed by atoms with Crippen LogP contribution in [-0.2, 0) is 13.3 Å². The van der Waals surface area contributed by atoms with Crippen LogP contribution in [0.4, 0.5) is 0 Å². The molecule has 3 nitrogen and oxygen atoms in total. The van der Waals surface area contributed by atoms with E-state index in [0.29, 0.717) is 0 Å². The molecule has 0 radical (unpaired) electrons. The molecular weight excluding hydrogens is 232 g/mol. The average molecular weight is 260 g/mol. The van der Waals surface area contributed by atoms with Crippen molar-refractivity contribution in [2.45, 2.75) is 58.9 Å². The fourth-order valence-electron chi connectivity index (χ4n) is 1.75. The second kappa shape index (κ2) is 8.24. The maximum absolute atomic E-state index is 6.03. The van der Waals surface area contributed by atoms with Crippen molar-refractivity contribution >= 4 is 8.80 Å². The molecule has 17 heavy (non-hydrogen) atoms. The lowest BCUT2D eigenvalue weighted by Crippen LogP contribution is -2.47. The topological polar surface area (TPSA) is 27.7 Å². The van der Waals surface area contributed by atoms with Crippen LogP contribution in [-0.4, -0.2) is 28.6 Å². The SMILES string of the molecule is CCCO[Si](CC1CC1)(OCCC)OCCC. The van der Waals surface area contributed by atoms with Gasteiger partial charge in [-0.1, -0.05) is 33.6 Å². The number of hydrogen-bond acceptors (Lipinski definition) is 3. The summed E-state index contributed by atoms with van der Waals surface area (Å²) >= 11 is 0. The highest BCUT2D eigenvalue weighted by Gasteiger charge is 2.45. The molecule has 102 valence electrons. The van der Waals surface area contributed by atoms with E-state index in [0.717, 1.165) is 51.0 Å². The van der Waals surface area contributed by atoms with Crippen LogP contribution in [0, 0.1) is 5.92 Å². The van der Waals surface area contributed by atoms with Crippen LogP contribution in [0.3, 0.4) is 0 Å². The van der Waals surface area contributed by atoms with Gasteiger partial charge in [0.25, 0.3) is 0 Å². The van der Waals surface area contributed by atoms with Gasteiger partial charge in [-0.05, 0) is 25.2 Å². The molecule has 0 saturated heterocycles. The van der Waals surface area contributed by atoms with Crippen molar-refractivity contribution in [3.8, 4) is 0 Å². The smallest absolute Gasteiger partial charge is 0.373 e. The molecule has 0 aromatic heterocycles. The predicted octanol–water partition coefficient (Wildman–Crippen LogP) is 3.62. The van der Waals surface area contributed by atoms with Gasteiger partial charge in [-0.3, -0.25) is 0 Å². The molecule has 4 heteroatoms. The van der Waals surface area contributed by atoms with E-state index in [4.69, 9.17) is 13.3 Å². The zero-order valence-corrected chi connectivity index (χ0v) is 12.7. The highest BCUT2D eigenvalue weighted by atomic mass is 28.4. The van der Waals surface area contributed by atoms with Gasteiger partial charge in [-0.25, -0.2) is 0 Å². The van der Waals surface area contributed by atoms with Crippen molar-refractivity contribution in [1.82, 2.24) is 0 Å². The van der Waals surface area contributed by atoms with Gasteiger partial charge in [0.1, 0.15) is 0 Å². The Labute approximate surface area is 107 Å². The summed E-state index contributed by atoms with van der Waals surface area (Å²) in [5.74, 6) is 0.798. The lowest BCUT2D eigenvalue weighted by atomic mass is 10.5. The summed E-state index contributed by atoms with van der Waals surface area (Å²) in [6.45, 7) is 8.72. The Hall–Kier alpha value is 0.0969. The summed E-state index contributed by atoms with van der Waals surface area (Å²) < 4.78 is 18.1. The van der Waals surface area contributed by atoms with Crippen LogP contribution < -0.4 is 0 Å². The second-order valence-electron chi connectivity index (χ2n) is 4.88. The Morgan fingerprint density at radius 2 is 1.24 bits per heavy atom. The van der Waals surface area contributed by atoms with Crippen LogP contribution >= 0.6 is 0 Å². The fourth-order valence-corrected chi connectivity index (χ4v) is 5.01. The summed E-state index contributed by atoms with van der Waals surface area (Å²) in [6.07, 6.45) is 5.75. The van der Waals surface area contributed by atoms with Crippen LogP contribution in [0.5, 0.6) is 0 Å². The molecule has 1 fully saturated rings. The van der Waals surface area contributed by atoms with E-state index < -0.39 is 8.80 Å². The third-order valence-electron chi connectivity index (χ3n) is 2.81. The van der Waals surface area contributed by atoms with Crippen molar-refractivity contribution in [2.75, 3.05) is 19.8 Å². The minimum absolute atomic E-state index is 0.770. The van der Waals surface area contributed by atoms with E-state index in [-0.39, 0.29) is 0 Å². The Bertz CT molecular complexity index is 173. The predicted molar refractivity (Wildman–Crippen MR) is 72.0 cm³/mol. The zero-order valence-electron chi connectivity index (χ0n) is 11.7. The van der Waals surface area contributed by atoms with Gasteiger partial charge in [-0.2, -0.15) is 0 Å². The van der Waals surface area contributed by atoms with E-state index >= 15 is 0 Å². The van der Waals surface area contributed by atoms with Crippen molar-refractivity contribution in [3.63, 3.8) is 0 Å². The molecule has 0 aromatic rings. The molecule has 0 N–H and O–H groups in total. The third-order valence-corrected chi connectivity index (χ3v) is 5.82. The van der Waals surface area contributed by atoms with Gasteiger partial charge in [0.2, 0.25) is 0 Å². The molecule has 0 spiro atoms. The van der Waals surface area contributed by atoms with Gasteiger partial charge in [0.05, 0.1) is 0 Å². The summed E-state index contributed by atoms with van der Waals surface area (Å²) in [7, 11) is -2.36. The average Bonchev–Trinajstić information content (AvgIpc) is 3.15. The maximum atomic E-state index is 6.03.